The van der Waals surface area contributed by atoms with Crippen LogP contribution in [0.2, 0.25) is 0 Å². The van der Waals surface area contributed by atoms with E-state index in [4.69, 9.17) is 14.6 Å². The molecule has 0 radical (unpaired) electrons. The molecule has 7 heteroatoms. The first-order chi connectivity index (χ1) is 10.4. The predicted octanol–water partition coefficient (Wildman–Crippen LogP) is 2.22. The van der Waals surface area contributed by atoms with Crippen molar-refractivity contribution in [3.05, 3.63) is 47.4 Å². The molecule has 1 aromatic carbocycles. The molecule has 0 aromatic heterocycles. The van der Waals surface area contributed by atoms with Gasteiger partial charge in [-0.2, -0.15) is 8.42 Å². The summed E-state index contributed by atoms with van der Waals surface area (Å²) < 4.78 is 38.4. The Balaban J connectivity index is 2.21. The summed E-state index contributed by atoms with van der Waals surface area (Å²) in [4.78, 5) is 0. The molecule has 0 atom stereocenters. The maximum Gasteiger partial charge on any atom is 0.333 e. The highest BCUT2D eigenvalue weighted by Crippen LogP contribution is 2.37. The van der Waals surface area contributed by atoms with Gasteiger partial charge in [-0.25, -0.2) is 9.32 Å². The average molecular weight is 327 g/mol. The average Bonchev–Trinajstić information content (AvgIpc) is 2.84. The van der Waals surface area contributed by atoms with Crippen LogP contribution in [0.15, 0.2) is 41.9 Å². The van der Waals surface area contributed by atoms with Gasteiger partial charge in [0.25, 0.3) is 0 Å². The SMILES string of the molecule is CCC1(CC)OC(COS(N)(=O)=O)=C(Cc2ccccc2)O1. The van der Waals surface area contributed by atoms with Crippen LogP contribution >= 0.6 is 0 Å². The maximum absolute atomic E-state index is 11.0. The van der Waals surface area contributed by atoms with Crippen molar-refractivity contribution in [2.24, 2.45) is 5.14 Å². The Labute approximate surface area is 131 Å². The zero-order valence-corrected chi connectivity index (χ0v) is 13.6. The fourth-order valence-electron chi connectivity index (χ4n) is 2.28. The quantitative estimate of drug-likeness (QED) is 0.829. The van der Waals surface area contributed by atoms with Crippen LogP contribution in [0.3, 0.4) is 0 Å². The van der Waals surface area contributed by atoms with Crippen molar-refractivity contribution in [1.82, 2.24) is 0 Å². The van der Waals surface area contributed by atoms with Gasteiger partial charge in [0, 0.05) is 19.3 Å². The minimum Gasteiger partial charge on any atom is -0.453 e. The van der Waals surface area contributed by atoms with E-state index in [9.17, 15) is 8.42 Å². The van der Waals surface area contributed by atoms with Gasteiger partial charge >= 0.3 is 10.3 Å². The highest BCUT2D eigenvalue weighted by molar-refractivity contribution is 7.84. The number of hydrogen-bond acceptors (Lipinski definition) is 5. The molecule has 22 heavy (non-hydrogen) atoms. The summed E-state index contributed by atoms with van der Waals surface area (Å²) in [6.07, 6.45) is 1.78. The third-order valence-electron chi connectivity index (χ3n) is 3.57. The number of ether oxygens (including phenoxy) is 2. The van der Waals surface area contributed by atoms with E-state index in [2.05, 4.69) is 4.18 Å². The van der Waals surface area contributed by atoms with E-state index in [1.165, 1.54) is 0 Å². The van der Waals surface area contributed by atoms with Gasteiger partial charge in [-0.3, -0.25) is 0 Å². The Hall–Kier alpha value is -1.57. The molecule has 1 aliphatic rings. The van der Waals surface area contributed by atoms with E-state index < -0.39 is 16.1 Å². The third kappa shape index (κ3) is 4.22. The van der Waals surface area contributed by atoms with Gasteiger partial charge in [0.1, 0.15) is 12.4 Å². The molecule has 0 saturated heterocycles. The zero-order valence-electron chi connectivity index (χ0n) is 12.7. The van der Waals surface area contributed by atoms with Crippen LogP contribution in [0.4, 0.5) is 0 Å². The number of benzene rings is 1. The highest BCUT2D eigenvalue weighted by atomic mass is 32.2. The van der Waals surface area contributed by atoms with Gasteiger partial charge in [0.15, 0.2) is 5.76 Å². The molecule has 0 saturated carbocycles. The molecule has 0 fully saturated rings. The lowest BCUT2D eigenvalue weighted by Gasteiger charge is -2.26. The molecule has 1 aliphatic heterocycles. The molecule has 0 bridgehead atoms. The molecule has 0 aliphatic carbocycles. The number of allylic oxidation sites excluding steroid dienone is 1. The van der Waals surface area contributed by atoms with Crippen LogP contribution in [0.1, 0.15) is 32.3 Å². The monoisotopic (exact) mass is 327 g/mol. The second-order valence-corrected chi connectivity index (χ2v) is 6.31. The molecule has 1 heterocycles. The Morgan fingerprint density at radius 1 is 1.09 bits per heavy atom. The Morgan fingerprint density at radius 3 is 2.23 bits per heavy atom. The van der Waals surface area contributed by atoms with Crippen molar-refractivity contribution in [3.8, 4) is 0 Å². The topological polar surface area (TPSA) is 87.9 Å². The van der Waals surface area contributed by atoms with Crippen molar-refractivity contribution in [1.29, 1.82) is 0 Å². The Morgan fingerprint density at radius 2 is 1.68 bits per heavy atom. The molecule has 0 spiro atoms. The van der Waals surface area contributed by atoms with E-state index >= 15 is 0 Å². The second-order valence-electron chi connectivity index (χ2n) is 5.09. The minimum atomic E-state index is -4.03. The summed E-state index contributed by atoms with van der Waals surface area (Å²) in [5.74, 6) is 0.196. The second kappa shape index (κ2) is 6.68. The van der Waals surface area contributed by atoms with Crippen LogP contribution < -0.4 is 5.14 Å². The number of rotatable bonds is 7. The van der Waals surface area contributed by atoms with Crippen LogP contribution in [0.25, 0.3) is 0 Å². The number of hydrogen-bond donors (Lipinski definition) is 1. The fraction of sp³-hybridized carbons (Fsp3) is 0.467. The fourth-order valence-corrected chi connectivity index (χ4v) is 2.56. The molecule has 6 nitrogen and oxygen atoms in total. The highest BCUT2D eigenvalue weighted by Gasteiger charge is 2.40. The molecule has 2 N–H and O–H groups in total. The lowest BCUT2D eigenvalue weighted by molar-refractivity contribution is -0.160. The van der Waals surface area contributed by atoms with Gasteiger partial charge in [-0.15, -0.1) is 0 Å². The number of nitrogens with two attached hydrogens (primary N) is 1. The predicted molar refractivity (Wildman–Crippen MR) is 81.7 cm³/mol. The van der Waals surface area contributed by atoms with Crippen LogP contribution in [-0.2, 0) is 30.4 Å². The smallest absolute Gasteiger partial charge is 0.333 e. The molecule has 122 valence electrons. The molecule has 1 aromatic rings. The first-order valence-corrected chi connectivity index (χ1v) is 8.65. The minimum absolute atomic E-state index is 0.261. The summed E-state index contributed by atoms with van der Waals surface area (Å²) in [6.45, 7) is 3.64. The van der Waals surface area contributed by atoms with Crippen molar-refractivity contribution in [3.63, 3.8) is 0 Å². The zero-order chi connectivity index (χ0) is 16.2. The van der Waals surface area contributed by atoms with E-state index in [1.807, 2.05) is 44.2 Å². The molecule has 0 unspecified atom stereocenters. The largest absolute Gasteiger partial charge is 0.453 e. The summed E-state index contributed by atoms with van der Waals surface area (Å²) in [6, 6.07) is 9.72. The van der Waals surface area contributed by atoms with Crippen molar-refractivity contribution in [2.75, 3.05) is 6.61 Å². The van der Waals surface area contributed by atoms with Crippen LogP contribution in [0, 0.1) is 0 Å². The lowest BCUT2D eigenvalue weighted by Crippen LogP contribution is -2.29. The van der Waals surface area contributed by atoms with Gasteiger partial charge in [-0.1, -0.05) is 44.2 Å². The summed E-state index contributed by atoms with van der Waals surface area (Å²) >= 11 is 0. The van der Waals surface area contributed by atoms with E-state index in [0.29, 0.717) is 30.8 Å². The van der Waals surface area contributed by atoms with Crippen molar-refractivity contribution in [2.45, 2.75) is 38.9 Å². The van der Waals surface area contributed by atoms with E-state index in [1.54, 1.807) is 0 Å². The molecule has 2 rings (SSSR count). The summed E-state index contributed by atoms with van der Waals surface area (Å²) in [7, 11) is -4.03. The maximum atomic E-state index is 11.0. The standard InChI is InChI=1S/C15H21NO5S/c1-3-15(4-2)20-13(10-12-8-6-5-7-9-12)14(21-15)11-19-22(16,17)18/h5-9H,3-4,10-11H2,1-2H3,(H2,16,17,18). The van der Waals surface area contributed by atoms with Gasteiger partial charge in [0.05, 0.1) is 0 Å². The Kier molecular flexibility index (Phi) is 5.10. The third-order valence-corrected chi connectivity index (χ3v) is 4.01. The van der Waals surface area contributed by atoms with E-state index in [0.717, 1.165) is 5.56 Å². The van der Waals surface area contributed by atoms with E-state index in [-0.39, 0.29) is 6.61 Å². The van der Waals surface area contributed by atoms with Gasteiger partial charge in [-0.05, 0) is 5.56 Å². The van der Waals surface area contributed by atoms with Crippen molar-refractivity contribution >= 4 is 10.3 Å². The first-order valence-electron chi connectivity index (χ1n) is 7.18. The van der Waals surface area contributed by atoms with Crippen LogP contribution in [0.5, 0.6) is 0 Å². The summed E-state index contributed by atoms with van der Waals surface area (Å²) in [5.41, 5.74) is 1.04. The molecular formula is C15H21NO5S. The summed E-state index contributed by atoms with van der Waals surface area (Å²) in [5, 5.41) is 4.88. The normalized spacial score (nSPS) is 17.2. The molecule has 0 amide bonds. The lowest BCUT2D eigenvalue weighted by atomic mass is 10.1. The van der Waals surface area contributed by atoms with Crippen molar-refractivity contribution < 1.29 is 22.1 Å². The Bertz CT molecular complexity index is 635. The van der Waals surface area contributed by atoms with Crippen LogP contribution in [-0.4, -0.2) is 20.8 Å². The first kappa shape index (κ1) is 16.8. The van der Waals surface area contributed by atoms with Gasteiger partial charge < -0.3 is 9.47 Å². The molecular weight excluding hydrogens is 306 g/mol. The van der Waals surface area contributed by atoms with Gasteiger partial charge in [0.2, 0.25) is 5.79 Å².